The number of aromatic nitrogens is 14. The maximum absolute atomic E-state index is 15.1. The summed E-state index contributed by atoms with van der Waals surface area (Å²) in [6.07, 6.45) is 14.0. The molecule has 0 spiro atoms. The van der Waals surface area contributed by atoms with E-state index in [0.29, 0.717) is 34.5 Å². The minimum Gasteiger partial charge on any atom is -0.399 e. The molecule has 1 aliphatic heterocycles. The van der Waals surface area contributed by atoms with Gasteiger partial charge in [0.15, 0.2) is 11.6 Å². The first-order valence-electron chi connectivity index (χ1n) is 24.6. The number of hydrogen-bond donors (Lipinski definition) is 2. The van der Waals surface area contributed by atoms with Crippen LogP contribution >= 0.6 is 34.8 Å². The minimum atomic E-state index is -0.843. The van der Waals surface area contributed by atoms with Gasteiger partial charge in [-0.3, -0.25) is 19.0 Å². The first-order chi connectivity index (χ1) is 37.0. The van der Waals surface area contributed by atoms with Gasteiger partial charge in [-0.25, -0.2) is 28.7 Å². The lowest BCUT2D eigenvalue weighted by Gasteiger charge is -2.32. The molecular weight excluding hydrogens is 1080 g/mol. The second-order valence-electron chi connectivity index (χ2n) is 20.5. The van der Waals surface area contributed by atoms with E-state index in [9.17, 15) is 14.0 Å². The molecule has 0 radical (unpaired) electrons. The summed E-state index contributed by atoms with van der Waals surface area (Å²) < 4.78 is 55.7. The van der Waals surface area contributed by atoms with Gasteiger partial charge >= 0.3 is 7.12 Å². The lowest BCUT2D eigenvalue weighted by molar-refractivity contribution is 0.00578. The van der Waals surface area contributed by atoms with Crippen LogP contribution in [0.2, 0.25) is 15.3 Å². The number of carbonyl (C=O) groups is 2. The highest BCUT2D eigenvalue weighted by atomic mass is 35.5. The molecule has 0 bridgehead atoms. The molecule has 3 fully saturated rings. The first-order valence-corrected chi connectivity index (χ1v) is 25.7. The van der Waals surface area contributed by atoms with Crippen LogP contribution in [0.5, 0.6) is 0 Å². The van der Waals surface area contributed by atoms with Crippen LogP contribution in [-0.4, -0.2) is 99.6 Å². The van der Waals surface area contributed by atoms with E-state index in [1.807, 2.05) is 48.6 Å². The summed E-state index contributed by atoms with van der Waals surface area (Å²) in [5, 5.41) is 21.6. The molecule has 3 aliphatic rings. The van der Waals surface area contributed by atoms with Gasteiger partial charge in [-0.2, -0.15) is 30.1 Å². The van der Waals surface area contributed by atoms with Crippen molar-refractivity contribution in [2.75, 3.05) is 10.6 Å². The zero-order valence-corrected chi connectivity index (χ0v) is 45.9. The summed E-state index contributed by atoms with van der Waals surface area (Å²) in [7, 11) is 2.76. The molecule has 7 heterocycles. The zero-order chi connectivity index (χ0) is 55.7. The smallest absolute Gasteiger partial charge is 0.399 e. The van der Waals surface area contributed by atoms with E-state index in [-0.39, 0.29) is 97.9 Å². The molecule has 2 aliphatic carbocycles. The molecule has 11 rings (SSSR count). The average molecular weight is 1130 g/mol. The van der Waals surface area contributed by atoms with Gasteiger partial charge < -0.3 is 29.0 Å². The Morgan fingerprint density at radius 1 is 0.641 bits per heavy atom. The molecule has 8 aromatic rings. The van der Waals surface area contributed by atoms with Crippen LogP contribution in [0.15, 0.2) is 70.8 Å². The molecule has 2 saturated carbocycles. The van der Waals surface area contributed by atoms with Crippen molar-refractivity contribution in [1.29, 1.82) is 0 Å². The van der Waals surface area contributed by atoms with E-state index >= 15 is 4.39 Å². The number of Topliss-reactive ketones (excluding diaryl/α,β-unsaturated/α-hetero) is 2. The molecule has 2 aromatic carbocycles. The molecule has 0 unspecified atom stereocenters. The number of aryl methyl sites for hydroxylation is 4. The van der Waals surface area contributed by atoms with Gasteiger partial charge in [0.1, 0.15) is 18.5 Å². The van der Waals surface area contributed by atoms with Gasteiger partial charge in [-0.15, -0.1) is 0 Å². The maximum Gasteiger partial charge on any atom is 0.497 e. The number of carbonyl (C=O) groups excluding carboxylic acids is 2. The van der Waals surface area contributed by atoms with Gasteiger partial charge in [0.2, 0.25) is 52.2 Å². The number of hydrogen-bond acceptors (Lipinski definition) is 20. The summed E-state index contributed by atoms with van der Waals surface area (Å²) in [5.41, 5.74) is 1.49. The van der Waals surface area contributed by atoms with Crippen molar-refractivity contribution in [2.45, 2.75) is 115 Å². The van der Waals surface area contributed by atoms with Crippen molar-refractivity contribution in [3.8, 4) is 11.4 Å². The van der Waals surface area contributed by atoms with E-state index in [1.54, 1.807) is 59.4 Å². The predicted octanol–water partition coefficient (Wildman–Crippen LogP) is 9.09. The van der Waals surface area contributed by atoms with Crippen molar-refractivity contribution in [2.24, 2.45) is 14.1 Å². The number of halogens is 5. The topological polar surface area (TPSA) is 267 Å². The normalized spacial score (nSPS) is 16.1. The number of nitrogens with zero attached hydrogens (tertiary/aromatic N) is 14. The van der Waals surface area contributed by atoms with Crippen molar-refractivity contribution < 1.29 is 36.7 Å². The van der Waals surface area contributed by atoms with E-state index in [2.05, 4.69) is 71.0 Å². The largest absolute Gasteiger partial charge is 0.497 e. The Bertz CT molecular complexity index is 3490. The van der Waals surface area contributed by atoms with Gasteiger partial charge in [0.25, 0.3) is 0 Å². The summed E-state index contributed by atoms with van der Waals surface area (Å²) in [5.74, 6) is 0.0258. The Morgan fingerprint density at radius 2 is 1.12 bits per heavy atom. The summed E-state index contributed by atoms with van der Waals surface area (Å²) in [6.45, 7) is 11.7. The molecule has 78 heavy (non-hydrogen) atoms. The van der Waals surface area contributed by atoms with Gasteiger partial charge in [-0.1, -0.05) is 65.6 Å². The Morgan fingerprint density at radius 3 is 1.59 bits per heavy atom. The molecule has 0 amide bonds. The van der Waals surface area contributed by atoms with Crippen molar-refractivity contribution in [1.82, 2.24) is 69.7 Å². The standard InChI is InChI=1S/C22H20ClFN8O2.C21H25BClFN2O4.C7H7ClN6/c1-22(7-8-22)20-29-19(31-34-20)15(33)6-4-12-3-5-14(17(24)16(12)23)18-25-11-26-21(30-18)28-13-9-27-32(2)10-13;1-19(2)20(3,4)30-22(29-19)13-8-6-12(15(23)16(13)24)7-9-14(27)17-25-18(28-26-17)21(5)10-11-21;1-14-3-5(2-11-14)12-7-10-4-9-6(8)13-7/h3,5,9-11H,4,6-8H2,1-2H3,(H,25,26,28,30);6,8H,7,9-11H2,1-5H3;2-4H,1H3,(H,9,10,12,13). The highest BCUT2D eigenvalue weighted by Gasteiger charge is 2.53. The molecule has 406 valence electrons. The van der Waals surface area contributed by atoms with Crippen LogP contribution in [0.25, 0.3) is 11.4 Å². The number of rotatable bonds is 16. The summed E-state index contributed by atoms with van der Waals surface area (Å²) in [6, 6.07) is 6.49. The Kier molecular flexibility index (Phi) is 15.9. The summed E-state index contributed by atoms with van der Waals surface area (Å²) >= 11 is 18.2. The van der Waals surface area contributed by atoms with Crippen molar-refractivity contribution >= 4 is 82.2 Å². The molecule has 1 saturated heterocycles. The third kappa shape index (κ3) is 12.7. The highest BCUT2D eigenvalue weighted by Crippen LogP contribution is 2.47. The van der Waals surface area contributed by atoms with Gasteiger partial charge in [0, 0.05) is 55.6 Å². The number of ketones is 2. The molecule has 0 atom stereocenters. The van der Waals surface area contributed by atoms with Crippen LogP contribution in [0.1, 0.15) is 124 Å². The third-order valence-electron chi connectivity index (χ3n) is 13.8. The van der Waals surface area contributed by atoms with Crippen LogP contribution in [0.4, 0.5) is 32.1 Å². The fourth-order valence-corrected chi connectivity index (χ4v) is 8.29. The lowest BCUT2D eigenvalue weighted by atomic mass is 9.78. The SMILES string of the molecule is CC1(c2nc(C(=O)CCc3ccc(B4OC(C)(C)C(C)(C)O4)c(F)c3Cl)no2)CC1.Cn1cc(Nc2ncnc(-c3ccc(CCC(=O)c4noc(C5(C)CC5)n4)c(Cl)c3F)n2)cn1.Cn1cc(Nc2ncnc(Cl)n2)cn1. The van der Waals surface area contributed by atoms with Crippen LogP contribution in [0, 0.1) is 11.6 Å². The Balaban J connectivity index is 0.000000154. The van der Waals surface area contributed by atoms with E-state index in [4.69, 9.17) is 53.2 Å². The average Bonchev–Trinajstić information content (AvgIpc) is 3.87. The van der Waals surface area contributed by atoms with E-state index < -0.39 is 30.0 Å². The number of nitrogens with one attached hydrogen (secondary N) is 2. The number of benzene rings is 2. The van der Waals surface area contributed by atoms with Crippen molar-refractivity contribution in [3.63, 3.8) is 0 Å². The van der Waals surface area contributed by atoms with Crippen LogP contribution in [-0.2, 0) is 47.1 Å². The van der Waals surface area contributed by atoms with Crippen LogP contribution < -0.4 is 16.1 Å². The second kappa shape index (κ2) is 22.3. The Labute approximate surface area is 461 Å². The highest BCUT2D eigenvalue weighted by molar-refractivity contribution is 6.62. The monoisotopic (exact) mass is 1130 g/mol. The number of anilines is 4. The van der Waals surface area contributed by atoms with E-state index in [0.717, 1.165) is 31.4 Å². The van der Waals surface area contributed by atoms with Crippen molar-refractivity contribution in [3.05, 3.63) is 123 Å². The molecule has 22 nitrogen and oxygen atoms in total. The fourth-order valence-electron chi connectivity index (χ4n) is 7.64. The van der Waals surface area contributed by atoms with Crippen LogP contribution in [0.3, 0.4) is 0 Å². The second-order valence-corrected chi connectivity index (χ2v) is 21.6. The predicted molar refractivity (Wildman–Crippen MR) is 282 cm³/mol. The zero-order valence-electron chi connectivity index (χ0n) is 43.6. The minimum absolute atomic E-state index is 0.0331. The Hall–Kier alpha value is -7.19. The first kappa shape index (κ1) is 55.6. The molecule has 28 heteroatoms. The molecule has 6 aromatic heterocycles. The lowest BCUT2D eigenvalue weighted by Crippen LogP contribution is -2.41. The van der Waals surface area contributed by atoms with Gasteiger partial charge in [0.05, 0.1) is 50.6 Å². The maximum atomic E-state index is 15.1. The molecular formula is C50H52BCl3F2N16O6. The summed E-state index contributed by atoms with van der Waals surface area (Å²) in [4.78, 5) is 57.2. The quantitative estimate of drug-likeness (QED) is 0.0674. The third-order valence-corrected chi connectivity index (χ3v) is 14.8. The fraction of sp³-hybridized carbons (Fsp3) is 0.400. The van der Waals surface area contributed by atoms with Gasteiger partial charge in [-0.05, 0) is 95.0 Å². The van der Waals surface area contributed by atoms with E-state index in [1.165, 1.54) is 18.7 Å². The molecule has 2 N–H and O–H groups in total.